The topological polar surface area (TPSA) is 16.4 Å². The first kappa shape index (κ1) is 25.2. The summed E-state index contributed by atoms with van der Waals surface area (Å²) in [4.78, 5) is 2.28. The molecule has 0 fully saturated rings. The number of halogens is 1. The van der Waals surface area contributed by atoms with Gasteiger partial charge in [-0.25, -0.2) is 0 Å². The number of anilines is 3. The van der Waals surface area contributed by atoms with Crippen LogP contribution in [-0.4, -0.2) is 0 Å². The molecule has 0 N–H and O–H groups in total. The van der Waals surface area contributed by atoms with Crippen LogP contribution in [0.1, 0.15) is 11.1 Å². The Hall–Kier alpha value is -4.79. The lowest BCUT2D eigenvalue weighted by Crippen LogP contribution is -2.09. The van der Waals surface area contributed by atoms with E-state index in [0.29, 0.717) is 0 Å². The van der Waals surface area contributed by atoms with Gasteiger partial charge in [0, 0.05) is 39.0 Å². The first-order chi connectivity index (χ1) is 20.1. The zero-order valence-corrected chi connectivity index (χ0v) is 23.7. The Morgan fingerprint density at radius 3 is 1.37 bits per heavy atom. The number of hydrogen-bond donors (Lipinski definition) is 0. The average molecular weight is 550 g/mol. The lowest BCUT2D eigenvalue weighted by atomic mass is 9.95. The third-order valence-electron chi connectivity index (χ3n) is 7.71. The molecule has 198 valence electrons. The molecule has 0 amide bonds. The zero-order valence-electron chi connectivity index (χ0n) is 22.9. The monoisotopic (exact) mass is 549 g/mol. The average Bonchev–Trinajstić information content (AvgIpc) is 3.50. The minimum absolute atomic E-state index is 0.772. The highest BCUT2D eigenvalue weighted by molar-refractivity contribution is 6.42. The summed E-state index contributed by atoms with van der Waals surface area (Å²) in [7, 11) is 0. The lowest BCUT2D eigenvalue weighted by molar-refractivity contribution is 0.598. The number of fused-ring (bicyclic) bond motifs is 2. The number of furan rings is 1. The number of hydrogen-bond acceptors (Lipinski definition) is 2. The molecule has 0 radical (unpaired) electrons. The van der Waals surface area contributed by atoms with E-state index in [-0.39, 0.29) is 0 Å². The Balaban J connectivity index is 1.29. The van der Waals surface area contributed by atoms with Gasteiger partial charge in [0.05, 0.1) is 5.02 Å². The van der Waals surface area contributed by atoms with Crippen molar-refractivity contribution in [2.75, 3.05) is 4.90 Å². The van der Waals surface area contributed by atoms with Crippen LogP contribution in [0.2, 0.25) is 5.02 Å². The van der Waals surface area contributed by atoms with E-state index >= 15 is 0 Å². The number of aryl methyl sites for hydroxylation is 2. The van der Waals surface area contributed by atoms with Crippen LogP contribution in [0.5, 0.6) is 0 Å². The molecule has 2 nitrogen and oxygen atoms in total. The highest BCUT2D eigenvalue weighted by Gasteiger charge is 2.18. The van der Waals surface area contributed by atoms with E-state index in [2.05, 4.69) is 128 Å². The molecule has 0 spiro atoms. The summed E-state index contributed by atoms with van der Waals surface area (Å²) in [5, 5.41) is 4.99. The van der Waals surface area contributed by atoms with Crippen molar-refractivity contribution < 1.29 is 4.42 Å². The fourth-order valence-electron chi connectivity index (χ4n) is 5.58. The van der Waals surface area contributed by atoms with E-state index in [1.807, 2.05) is 24.3 Å². The molecule has 6 aromatic carbocycles. The van der Waals surface area contributed by atoms with Gasteiger partial charge in [0.25, 0.3) is 0 Å². The standard InChI is InChI=1S/C38H28ClNO/c1-25-11-17-28(18-12-25)40(29-19-13-26(2)14-20-29)30-21-15-27(16-22-30)35-23-24-36(41-35)37-31-7-3-5-9-33(31)38(39)34-10-6-4-8-32(34)37/h3-24H,1-2H3. The van der Waals surface area contributed by atoms with Crippen molar-refractivity contribution >= 4 is 50.2 Å². The molecule has 3 heteroatoms. The number of rotatable bonds is 5. The highest BCUT2D eigenvalue weighted by atomic mass is 35.5. The van der Waals surface area contributed by atoms with E-state index in [9.17, 15) is 0 Å². The van der Waals surface area contributed by atoms with Gasteiger partial charge in [-0.1, -0.05) is 95.5 Å². The van der Waals surface area contributed by atoms with Crippen molar-refractivity contribution in [3.05, 3.63) is 150 Å². The fraction of sp³-hybridized carbons (Fsp3) is 0.0526. The lowest BCUT2D eigenvalue weighted by Gasteiger charge is -2.26. The van der Waals surface area contributed by atoms with Gasteiger partial charge in [0.1, 0.15) is 11.5 Å². The molecule has 0 aliphatic heterocycles. The van der Waals surface area contributed by atoms with Gasteiger partial charge >= 0.3 is 0 Å². The van der Waals surface area contributed by atoms with Crippen molar-refractivity contribution in [3.63, 3.8) is 0 Å². The second kappa shape index (κ2) is 10.3. The Morgan fingerprint density at radius 1 is 0.463 bits per heavy atom. The molecule has 0 unspecified atom stereocenters. The van der Waals surface area contributed by atoms with Gasteiger partial charge in [-0.15, -0.1) is 0 Å². The summed E-state index contributed by atoms with van der Waals surface area (Å²) in [6, 6.07) is 46.5. The van der Waals surface area contributed by atoms with E-state index in [1.54, 1.807) is 0 Å². The van der Waals surface area contributed by atoms with Crippen LogP contribution in [0, 0.1) is 13.8 Å². The molecule has 1 heterocycles. The second-order valence-corrected chi connectivity index (χ2v) is 10.9. The Morgan fingerprint density at radius 2 is 0.878 bits per heavy atom. The van der Waals surface area contributed by atoms with Crippen molar-refractivity contribution in [1.29, 1.82) is 0 Å². The second-order valence-electron chi connectivity index (χ2n) is 10.5. The molecule has 0 saturated carbocycles. The van der Waals surface area contributed by atoms with Crippen LogP contribution >= 0.6 is 11.6 Å². The van der Waals surface area contributed by atoms with Crippen molar-refractivity contribution in [3.8, 4) is 22.6 Å². The minimum Gasteiger partial charge on any atom is -0.456 e. The number of nitrogens with zero attached hydrogens (tertiary/aromatic N) is 1. The molecular formula is C38H28ClNO. The van der Waals surface area contributed by atoms with Crippen LogP contribution in [-0.2, 0) is 0 Å². The molecule has 1 aromatic heterocycles. The maximum absolute atomic E-state index is 6.84. The smallest absolute Gasteiger partial charge is 0.136 e. The van der Waals surface area contributed by atoms with Crippen LogP contribution in [0.15, 0.2) is 138 Å². The minimum atomic E-state index is 0.772. The predicted molar refractivity (Wildman–Crippen MR) is 174 cm³/mol. The van der Waals surface area contributed by atoms with Gasteiger partial charge in [0.15, 0.2) is 0 Å². The SMILES string of the molecule is Cc1ccc(N(c2ccc(C)cc2)c2ccc(-c3ccc(-c4c5ccccc5c(Cl)c5ccccc45)o3)cc2)cc1. The van der Waals surface area contributed by atoms with E-state index in [1.165, 1.54) is 11.1 Å². The predicted octanol–water partition coefficient (Wildman–Crippen LogP) is 11.7. The molecule has 0 aliphatic carbocycles. The first-order valence-corrected chi connectivity index (χ1v) is 14.2. The Bertz CT molecular complexity index is 1900. The van der Waals surface area contributed by atoms with Crippen LogP contribution < -0.4 is 4.90 Å². The molecule has 0 saturated heterocycles. The summed E-state index contributed by atoms with van der Waals surface area (Å²) in [6.45, 7) is 4.23. The molecule has 7 rings (SSSR count). The van der Waals surface area contributed by atoms with Gasteiger partial charge in [0.2, 0.25) is 0 Å². The summed E-state index contributed by atoms with van der Waals surface area (Å²) >= 11 is 6.84. The van der Waals surface area contributed by atoms with E-state index in [0.717, 1.165) is 66.3 Å². The highest BCUT2D eigenvalue weighted by Crippen LogP contribution is 2.43. The zero-order chi connectivity index (χ0) is 27.9. The quantitative estimate of drug-likeness (QED) is 0.198. The van der Waals surface area contributed by atoms with Gasteiger partial charge < -0.3 is 9.32 Å². The maximum Gasteiger partial charge on any atom is 0.136 e. The Kier molecular flexibility index (Phi) is 6.34. The summed E-state index contributed by atoms with van der Waals surface area (Å²) in [5.74, 6) is 1.65. The van der Waals surface area contributed by atoms with Crippen LogP contribution in [0.3, 0.4) is 0 Å². The van der Waals surface area contributed by atoms with Gasteiger partial charge in [-0.2, -0.15) is 0 Å². The third kappa shape index (κ3) is 4.57. The van der Waals surface area contributed by atoms with Crippen LogP contribution in [0.4, 0.5) is 17.1 Å². The molecular weight excluding hydrogens is 522 g/mol. The molecule has 0 atom stereocenters. The van der Waals surface area contributed by atoms with Gasteiger partial charge in [-0.05, 0) is 85.3 Å². The fourth-order valence-corrected chi connectivity index (χ4v) is 5.91. The normalized spacial score (nSPS) is 11.3. The largest absolute Gasteiger partial charge is 0.456 e. The third-order valence-corrected chi connectivity index (χ3v) is 8.12. The van der Waals surface area contributed by atoms with Gasteiger partial charge in [-0.3, -0.25) is 0 Å². The van der Waals surface area contributed by atoms with Crippen molar-refractivity contribution in [2.24, 2.45) is 0 Å². The van der Waals surface area contributed by atoms with Crippen molar-refractivity contribution in [1.82, 2.24) is 0 Å². The number of benzene rings is 6. The molecule has 7 aromatic rings. The summed E-state index contributed by atoms with van der Waals surface area (Å²) in [6.07, 6.45) is 0. The first-order valence-electron chi connectivity index (χ1n) is 13.8. The molecule has 0 bridgehead atoms. The van der Waals surface area contributed by atoms with E-state index < -0.39 is 0 Å². The Labute approximate surface area is 245 Å². The summed E-state index contributed by atoms with van der Waals surface area (Å²) < 4.78 is 6.55. The van der Waals surface area contributed by atoms with E-state index in [4.69, 9.17) is 16.0 Å². The maximum atomic E-state index is 6.84. The molecule has 41 heavy (non-hydrogen) atoms. The summed E-state index contributed by atoms with van der Waals surface area (Å²) in [5.41, 5.74) is 7.89. The van der Waals surface area contributed by atoms with Crippen molar-refractivity contribution in [2.45, 2.75) is 13.8 Å². The molecule has 0 aliphatic rings. The van der Waals surface area contributed by atoms with Crippen LogP contribution in [0.25, 0.3) is 44.2 Å².